The molecule has 0 amide bonds. The second-order valence-electron chi connectivity index (χ2n) is 6.10. The molecule has 1 aliphatic carbocycles. The number of primary sulfonamides is 1. The minimum absolute atomic E-state index is 0.161. The van der Waals surface area contributed by atoms with Crippen LogP contribution in [0.3, 0.4) is 0 Å². The summed E-state index contributed by atoms with van der Waals surface area (Å²) in [5.74, 6) is 1.25. The molecule has 18 heavy (non-hydrogen) atoms. The van der Waals surface area contributed by atoms with Crippen molar-refractivity contribution < 1.29 is 8.42 Å². The van der Waals surface area contributed by atoms with Crippen LogP contribution in [-0.2, 0) is 10.0 Å². The van der Waals surface area contributed by atoms with E-state index in [2.05, 4.69) is 4.90 Å². The van der Waals surface area contributed by atoms with Gasteiger partial charge in [0.1, 0.15) is 0 Å². The van der Waals surface area contributed by atoms with Crippen molar-refractivity contribution in [1.29, 1.82) is 0 Å². The molecule has 1 heterocycles. The number of nitrogens with two attached hydrogens (primary N) is 1. The van der Waals surface area contributed by atoms with Crippen LogP contribution in [-0.4, -0.2) is 38.7 Å². The Labute approximate surface area is 111 Å². The van der Waals surface area contributed by atoms with E-state index in [1.54, 1.807) is 0 Å². The van der Waals surface area contributed by atoms with Gasteiger partial charge in [0, 0.05) is 13.1 Å². The lowest BCUT2D eigenvalue weighted by molar-refractivity contribution is 0.145. The van der Waals surface area contributed by atoms with E-state index in [-0.39, 0.29) is 11.7 Å². The molecule has 5 heteroatoms. The zero-order chi connectivity index (χ0) is 13.0. The van der Waals surface area contributed by atoms with Gasteiger partial charge in [-0.15, -0.1) is 0 Å². The Hall–Kier alpha value is -0.130. The second-order valence-corrected chi connectivity index (χ2v) is 7.76. The standard InChI is InChI=1S/C13H26N2O2S/c14-18(16,17)11-13-7-4-8-15(10-13)9-12-5-2-1-3-6-12/h12-13H,1-11H2,(H2,14,16,17)/t13-/m1/s1. The Bertz CT molecular complexity index is 350. The molecule has 0 unspecified atom stereocenters. The van der Waals surface area contributed by atoms with Crippen molar-refractivity contribution in [2.45, 2.75) is 44.9 Å². The molecule has 0 radical (unpaired) electrons. The quantitative estimate of drug-likeness (QED) is 0.846. The summed E-state index contributed by atoms with van der Waals surface area (Å²) in [5, 5.41) is 5.15. The molecule has 0 aromatic heterocycles. The monoisotopic (exact) mass is 274 g/mol. The first kappa shape index (κ1) is 14.3. The lowest BCUT2D eigenvalue weighted by Crippen LogP contribution is -2.41. The van der Waals surface area contributed by atoms with Gasteiger partial charge >= 0.3 is 0 Å². The number of piperidine rings is 1. The summed E-state index contributed by atoms with van der Waals surface area (Å²) in [4.78, 5) is 2.47. The predicted molar refractivity (Wildman–Crippen MR) is 73.7 cm³/mol. The molecule has 2 N–H and O–H groups in total. The first-order chi connectivity index (χ1) is 8.53. The van der Waals surface area contributed by atoms with Crippen LogP contribution in [0.5, 0.6) is 0 Å². The Morgan fingerprint density at radius 1 is 1.00 bits per heavy atom. The Balaban J connectivity index is 1.79. The lowest BCUT2D eigenvalue weighted by Gasteiger charge is -2.35. The maximum absolute atomic E-state index is 11.2. The Morgan fingerprint density at radius 2 is 1.67 bits per heavy atom. The van der Waals surface area contributed by atoms with Crippen molar-refractivity contribution in [3.8, 4) is 0 Å². The number of hydrogen-bond acceptors (Lipinski definition) is 3. The van der Waals surface area contributed by atoms with Gasteiger partial charge in [-0.1, -0.05) is 19.3 Å². The first-order valence-corrected chi connectivity index (χ1v) is 8.97. The molecule has 2 rings (SSSR count). The van der Waals surface area contributed by atoms with Crippen molar-refractivity contribution in [2.24, 2.45) is 17.0 Å². The number of hydrogen-bond donors (Lipinski definition) is 1. The zero-order valence-electron chi connectivity index (χ0n) is 11.2. The Kier molecular flexibility index (Phi) is 5.04. The molecule has 1 saturated carbocycles. The van der Waals surface area contributed by atoms with E-state index in [4.69, 9.17) is 5.14 Å². The average Bonchev–Trinajstić information content (AvgIpc) is 2.28. The minimum atomic E-state index is -3.31. The molecule has 2 fully saturated rings. The fourth-order valence-electron chi connectivity index (χ4n) is 3.52. The summed E-state index contributed by atoms with van der Waals surface area (Å²) >= 11 is 0. The van der Waals surface area contributed by atoms with Crippen LogP contribution < -0.4 is 5.14 Å². The van der Waals surface area contributed by atoms with E-state index < -0.39 is 10.0 Å². The van der Waals surface area contributed by atoms with E-state index in [9.17, 15) is 8.42 Å². The molecular weight excluding hydrogens is 248 g/mol. The van der Waals surface area contributed by atoms with E-state index in [0.717, 1.165) is 31.8 Å². The van der Waals surface area contributed by atoms with E-state index in [1.165, 1.54) is 38.6 Å². The fourth-order valence-corrected chi connectivity index (χ4v) is 4.45. The largest absolute Gasteiger partial charge is 0.303 e. The normalized spacial score (nSPS) is 28.4. The smallest absolute Gasteiger partial charge is 0.209 e. The lowest BCUT2D eigenvalue weighted by atomic mass is 9.88. The molecule has 4 nitrogen and oxygen atoms in total. The Morgan fingerprint density at radius 3 is 2.33 bits per heavy atom. The highest BCUT2D eigenvalue weighted by Crippen LogP contribution is 2.26. The third kappa shape index (κ3) is 4.86. The summed E-state index contributed by atoms with van der Waals surface area (Å²) in [7, 11) is -3.31. The summed E-state index contributed by atoms with van der Waals surface area (Å²) in [6, 6.07) is 0. The van der Waals surface area contributed by atoms with E-state index in [1.807, 2.05) is 0 Å². The maximum atomic E-state index is 11.2. The summed E-state index contributed by atoms with van der Waals surface area (Å²) in [5.41, 5.74) is 0. The molecule has 0 spiro atoms. The predicted octanol–water partition coefficient (Wildman–Crippen LogP) is 1.57. The fraction of sp³-hybridized carbons (Fsp3) is 1.00. The van der Waals surface area contributed by atoms with Gasteiger partial charge < -0.3 is 4.90 Å². The van der Waals surface area contributed by atoms with Crippen LogP contribution in [0.4, 0.5) is 0 Å². The SMILES string of the molecule is NS(=O)(=O)C[C@@H]1CCCN(CC2CCCCC2)C1. The number of sulfonamides is 1. The number of rotatable bonds is 4. The van der Waals surface area contributed by atoms with Gasteiger partial charge in [0.2, 0.25) is 10.0 Å². The minimum Gasteiger partial charge on any atom is -0.303 e. The third-order valence-corrected chi connectivity index (χ3v) is 5.25. The molecule has 1 saturated heterocycles. The number of likely N-dealkylation sites (tertiary alicyclic amines) is 1. The highest BCUT2D eigenvalue weighted by molar-refractivity contribution is 7.89. The highest BCUT2D eigenvalue weighted by Gasteiger charge is 2.25. The molecule has 106 valence electrons. The van der Waals surface area contributed by atoms with Gasteiger partial charge in [-0.2, -0.15) is 0 Å². The third-order valence-electron chi connectivity index (χ3n) is 4.31. The van der Waals surface area contributed by atoms with Crippen molar-refractivity contribution in [1.82, 2.24) is 4.90 Å². The van der Waals surface area contributed by atoms with E-state index >= 15 is 0 Å². The molecule has 0 aromatic carbocycles. The molecule has 0 aromatic rings. The van der Waals surface area contributed by atoms with Crippen molar-refractivity contribution >= 4 is 10.0 Å². The highest BCUT2D eigenvalue weighted by atomic mass is 32.2. The van der Waals surface area contributed by atoms with E-state index in [0.29, 0.717) is 0 Å². The van der Waals surface area contributed by atoms with Crippen LogP contribution >= 0.6 is 0 Å². The molecule has 1 atom stereocenters. The van der Waals surface area contributed by atoms with Gasteiger partial charge in [-0.25, -0.2) is 13.6 Å². The molecule has 2 aliphatic rings. The van der Waals surface area contributed by atoms with Gasteiger partial charge in [0.25, 0.3) is 0 Å². The van der Waals surface area contributed by atoms with Gasteiger partial charge in [-0.3, -0.25) is 0 Å². The van der Waals surface area contributed by atoms with Gasteiger partial charge in [-0.05, 0) is 44.1 Å². The van der Waals surface area contributed by atoms with Crippen LogP contribution in [0, 0.1) is 11.8 Å². The van der Waals surface area contributed by atoms with Crippen LogP contribution in [0.1, 0.15) is 44.9 Å². The van der Waals surface area contributed by atoms with Crippen LogP contribution in [0.2, 0.25) is 0 Å². The first-order valence-electron chi connectivity index (χ1n) is 7.26. The van der Waals surface area contributed by atoms with Crippen molar-refractivity contribution in [2.75, 3.05) is 25.4 Å². The topological polar surface area (TPSA) is 63.4 Å². The van der Waals surface area contributed by atoms with Crippen molar-refractivity contribution in [3.63, 3.8) is 0 Å². The molecule has 0 bridgehead atoms. The van der Waals surface area contributed by atoms with Gasteiger partial charge in [0.05, 0.1) is 5.75 Å². The zero-order valence-corrected chi connectivity index (χ0v) is 12.0. The molecular formula is C13H26N2O2S. The number of nitrogens with zero attached hydrogens (tertiary/aromatic N) is 1. The van der Waals surface area contributed by atoms with Crippen molar-refractivity contribution in [3.05, 3.63) is 0 Å². The average molecular weight is 274 g/mol. The van der Waals surface area contributed by atoms with Gasteiger partial charge in [0.15, 0.2) is 0 Å². The summed E-state index contributed by atoms with van der Waals surface area (Å²) < 4.78 is 22.3. The summed E-state index contributed by atoms with van der Waals surface area (Å²) in [6.45, 7) is 3.23. The maximum Gasteiger partial charge on any atom is 0.209 e. The summed E-state index contributed by atoms with van der Waals surface area (Å²) in [6.07, 6.45) is 8.99. The molecule has 1 aliphatic heterocycles. The van der Waals surface area contributed by atoms with Crippen LogP contribution in [0.15, 0.2) is 0 Å². The second kappa shape index (κ2) is 6.35. The van der Waals surface area contributed by atoms with Crippen LogP contribution in [0.25, 0.3) is 0 Å².